The second-order valence-electron chi connectivity index (χ2n) is 4.54. The number of hydrogen-bond donors (Lipinski definition) is 1. The molecule has 0 unspecified atom stereocenters. The molecule has 1 aliphatic carbocycles. The summed E-state index contributed by atoms with van der Waals surface area (Å²) < 4.78 is 19.1. The van der Waals surface area contributed by atoms with E-state index in [4.69, 9.17) is 22.7 Å². The molecule has 18 heavy (non-hydrogen) atoms. The average Bonchev–Trinajstić information content (AvgIpc) is 3.12. The first-order valence-electron chi connectivity index (χ1n) is 6.01. The molecule has 2 rings (SSSR count). The first-order chi connectivity index (χ1) is 8.59. The molecule has 3 nitrogen and oxygen atoms in total. The van der Waals surface area contributed by atoms with Gasteiger partial charge in [0.15, 0.2) is 0 Å². The molecule has 1 saturated carbocycles. The molecule has 1 aliphatic rings. The molecule has 1 fully saturated rings. The molecule has 1 aromatic carbocycles. The first kappa shape index (κ1) is 13.2. The molecule has 0 heterocycles. The quantitative estimate of drug-likeness (QED) is 0.800. The summed E-state index contributed by atoms with van der Waals surface area (Å²) in [6.07, 6.45) is 2.52. The topological polar surface area (TPSA) is 38.5 Å². The van der Waals surface area contributed by atoms with Crippen LogP contribution in [0.4, 0.5) is 4.39 Å². The van der Waals surface area contributed by atoms with Crippen molar-refractivity contribution in [1.82, 2.24) is 4.90 Å². The highest BCUT2D eigenvalue weighted by Gasteiger charge is 2.25. The van der Waals surface area contributed by atoms with Crippen molar-refractivity contribution in [2.24, 2.45) is 5.73 Å². The van der Waals surface area contributed by atoms with Crippen LogP contribution in [0.5, 0.6) is 5.75 Å². The van der Waals surface area contributed by atoms with Gasteiger partial charge in [-0.2, -0.15) is 0 Å². The van der Waals surface area contributed by atoms with Gasteiger partial charge in [-0.1, -0.05) is 18.3 Å². The van der Waals surface area contributed by atoms with Gasteiger partial charge in [-0.15, -0.1) is 0 Å². The molecule has 0 aromatic heterocycles. The lowest BCUT2D eigenvalue weighted by molar-refractivity contribution is 0.231. The van der Waals surface area contributed by atoms with E-state index in [1.807, 2.05) is 0 Å². The van der Waals surface area contributed by atoms with Crippen molar-refractivity contribution in [3.63, 3.8) is 0 Å². The average molecular weight is 268 g/mol. The number of nitrogens with zero attached hydrogens (tertiary/aromatic N) is 1. The Bertz CT molecular complexity index is 449. The smallest absolute Gasteiger partial charge is 0.137 e. The highest BCUT2D eigenvalue weighted by Crippen LogP contribution is 2.25. The lowest BCUT2D eigenvalue weighted by Gasteiger charge is -2.17. The zero-order valence-electron chi connectivity index (χ0n) is 10.4. The van der Waals surface area contributed by atoms with E-state index >= 15 is 0 Å². The van der Waals surface area contributed by atoms with Crippen molar-refractivity contribution in [3.05, 3.63) is 29.6 Å². The fourth-order valence-electron chi connectivity index (χ4n) is 1.86. The van der Waals surface area contributed by atoms with Gasteiger partial charge in [0.25, 0.3) is 0 Å². The van der Waals surface area contributed by atoms with Gasteiger partial charge in [0.1, 0.15) is 23.2 Å². The van der Waals surface area contributed by atoms with Gasteiger partial charge in [-0.3, -0.25) is 0 Å². The maximum absolute atomic E-state index is 13.6. The van der Waals surface area contributed by atoms with E-state index in [9.17, 15) is 4.39 Å². The van der Waals surface area contributed by atoms with Crippen LogP contribution in [0.3, 0.4) is 0 Å². The molecule has 0 spiro atoms. The monoisotopic (exact) mass is 268 g/mol. The van der Waals surface area contributed by atoms with Crippen molar-refractivity contribution in [2.75, 3.05) is 20.2 Å². The van der Waals surface area contributed by atoms with Gasteiger partial charge in [0.05, 0.1) is 5.56 Å². The van der Waals surface area contributed by atoms with Gasteiger partial charge in [0, 0.05) is 12.6 Å². The van der Waals surface area contributed by atoms with Crippen molar-refractivity contribution >= 4 is 17.2 Å². The van der Waals surface area contributed by atoms with Crippen molar-refractivity contribution in [3.8, 4) is 5.75 Å². The normalized spacial score (nSPS) is 14.8. The largest absolute Gasteiger partial charge is 0.491 e. The summed E-state index contributed by atoms with van der Waals surface area (Å²) in [5.41, 5.74) is 5.70. The fourth-order valence-corrected chi connectivity index (χ4v) is 2.06. The Labute approximate surface area is 112 Å². The molecule has 0 bridgehead atoms. The number of ether oxygens (including phenoxy) is 1. The molecule has 0 atom stereocenters. The Kier molecular flexibility index (Phi) is 4.14. The number of likely N-dealkylation sites (N-methyl/N-ethyl adjacent to an activating group) is 1. The molecule has 2 N–H and O–H groups in total. The summed E-state index contributed by atoms with van der Waals surface area (Å²) in [5.74, 6) is -0.0118. The highest BCUT2D eigenvalue weighted by atomic mass is 32.1. The molecule has 1 aromatic rings. The third kappa shape index (κ3) is 3.17. The van der Waals surface area contributed by atoms with Crippen LogP contribution in [-0.2, 0) is 0 Å². The van der Waals surface area contributed by atoms with E-state index in [0.717, 1.165) is 6.54 Å². The van der Waals surface area contributed by atoms with E-state index in [0.29, 0.717) is 18.4 Å². The van der Waals surface area contributed by atoms with Crippen molar-refractivity contribution in [1.29, 1.82) is 0 Å². The number of halogens is 1. The van der Waals surface area contributed by atoms with Crippen molar-refractivity contribution < 1.29 is 9.13 Å². The van der Waals surface area contributed by atoms with E-state index in [-0.39, 0.29) is 10.6 Å². The number of hydrogen-bond acceptors (Lipinski definition) is 3. The maximum Gasteiger partial charge on any atom is 0.137 e. The summed E-state index contributed by atoms with van der Waals surface area (Å²) >= 11 is 4.84. The van der Waals surface area contributed by atoms with E-state index in [1.165, 1.54) is 18.9 Å². The van der Waals surface area contributed by atoms with Gasteiger partial charge >= 0.3 is 0 Å². The second kappa shape index (κ2) is 5.63. The van der Waals surface area contributed by atoms with Crippen LogP contribution in [0.1, 0.15) is 18.4 Å². The molecular weight excluding hydrogens is 251 g/mol. The minimum atomic E-state index is -0.435. The molecule has 0 amide bonds. The summed E-state index contributed by atoms with van der Waals surface area (Å²) in [6, 6.07) is 5.31. The minimum absolute atomic E-state index is 0.0265. The summed E-state index contributed by atoms with van der Waals surface area (Å²) in [4.78, 5) is 2.28. The van der Waals surface area contributed by atoms with Gasteiger partial charge < -0.3 is 15.4 Å². The lowest BCUT2D eigenvalue weighted by Crippen LogP contribution is -2.26. The van der Waals surface area contributed by atoms with Crippen LogP contribution in [0.15, 0.2) is 18.2 Å². The van der Waals surface area contributed by atoms with E-state index < -0.39 is 5.82 Å². The summed E-state index contributed by atoms with van der Waals surface area (Å²) in [7, 11) is 2.07. The van der Waals surface area contributed by atoms with Crippen LogP contribution in [0.2, 0.25) is 0 Å². The molecule has 0 radical (unpaired) electrons. The standard InChI is InChI=1S/C13H17FN2OS/c1-16(9-5-6-9)7-8-17-11-4-2-3-10(14)12(11)13(15)18/h2-4,9H,5-8H2,1H3,(H2,15,18). The SMILES string of the molecule is CN(CCOc1cccc(F)c1C(N)=S)C1CC1. The Morgan fingerprint density at radius 2 is 2.28 bits per heavy atom. The lowest BCUT2D eigenvalue weighted by atomic mass is 10.2. The highest BCUT2D eigenvalue weighted by molar-refractivity contribution is 7.80. The molecular formula is C13H17FN2OS. The zero-order valence-corrected chi connectivity index (χ0v) is 11.2. The number of thiocarbonyl (C=S) groups is 1. The van der Waals surface area contributed by atoms with E-state index in [1.54, 1.807) is 12.1 Å². The minimum Gasteiger partial charge on any atom is -0.491 e. The summed E-state index contributed by atoms with van der Waals surface area (Å²) in [6.45, 7) is 1.32. The number of nitrogens with two attached hydrogens (primary N) is 1. The predicted molar refractivity (Wildman–Crippen MR) is 73.4 cm³/mol. The summed E-state index contributed by atoms with van der Waals surface area (Å²) in [5, 5.41) is 0. The van der Waals surface area contributed by atoms with Crippen LogP contribution in [0, 0.1) is 5.82 Å². The first-order valence-corrected chi connectivity index (χ1v) is 6.41. The third-order valence-corrected chi connectivity index (χ3v) is 3.30. The number of rotatable bonds is 6. The van der Waals surface area contributed by atoms with Crippen LogP contribution < -0.4 is 10.5 Å². The zero-order chi connectivity index (χ0) is 13.1. The van der Waals surface area contributed by atoms with Gasteiger partial charge in [-0.05, 0) is 32.0 Å². The Morgan fingerprint density at radius 3 is 2.89 bits per heavy atom. The van der Waals surface area contributed by atoms with Crippen LogP contribution >= 0.6 is 12.2 Å². The Balaban J connectivity index is 1.95. The van der Waals surface area contributed by atoms with Gasteiger partial charge in [0.2, 0.25) is 0 Å². The van der Waals surface area contributed by atoms with E-state index in [2.05, 4.69) is 11.9 Å². The molecule has 0 saturated heterocycles. The number of benzene rings is 1. The maximum atomic E-state index is 13.6. The Hall–Kier alpha value is -1.20. The molecule has 5 heteroatoms. The molecule has 98 valence electrons. The fraction of sp³-hybridized carbons (Fsp3) is 0.462. The Morgan fingerprint density at radius 1 is 1.56 bits per heavy atom. The third-order valence-electron chi connectivity index (χ3n) is 3.09. The second-order valence-corrected chi connectivity index (χ2v) is 4.98. The van der Waals surface area contributed by atoms with Gasteiger partial charge in [-0.25, -0.2) is 4.39 Å². The predicted octanol–water partition coefficient (Wildman–Crippen LogP) is 1.93. The molecule has 0 aliphatic heterocycles. The van der Waals surface area contributed by atoms with Crippen LogP contribution in [-0.4, -0.2) is 36.1 Å². The van der Waals surface area contributed by atoms with Crippen molar-refractivity contribution in [2.45, 2.75) is 18.9 Å². The van der Waals surface area contributed by atoms with Crippen LogP contribution in [0.25, 0.3) is 0 Å².